The van der Waals surface area contributed by atoms with Crippen LogP contribution in [0, 0.1) is 11.8 Å². The summed E-state index contributed by atoms with van der Waals surface area (Å²) in [6, 6.07) is 2.28. The number of hydrogen-bond donors (Lipinski definition) is 0. The van der Waals surface area contributed by atoms with E-state index in [1.165, 1.54) is 17.8 Å². The Bertz CT molecular complexity index is 331. The minimum Gasteiger partial charge on any atom is -0.270 e. The molecule has 1 aromatic heterocycles. The van der Waals surface area contributed by atoms with Crippen LogP contribution in [0.25, 0.3) is 0 Å². The van der Waals surface area contributed by atoms with Gasteiger partial charge in [0.1, 0.15) is 0 Å². The molecule has 0 saturated carbocycles. The summed E-state index contributed by atoms with van der Waals surface area (Å²) in [7, 11) is 0. The number of hydrogen-bond acceptors (Lipinski definition) is 1. The fourth-order valence-corrected chi connectivity index (χ4v) is 2.78. The van der Waals surface area contributed by atoms with Gasteiger partial charge in [-0.3, -0.25) is 4.68 Å². The molecule has 0 aromatic carbocycles. The Balaban J connectivity index is 2.73. The number of alkyl halides is 1. The highest BCUT2D eigenvalue weighted by molar-refractivity contribution is 9.09. The number of halogens is 1. The number of aromatic nitrogens is 2. The van der Waals surface area contributed by atoms with Crippen LogP contribution in [0.3, 0.4) is 0 Å². The zero-order valence-electron chi connectivity index (χ0n) is 11.5. The largest absolute Gasteiger partial charge is 0.270 e. The van der Waals surface area contributed by atoms with Gasteiger partial charge < -0.3 is 0 Å². The van der Waals surface area contributed by atoms with Crippen molar-refractivity contribution in [1.82, 2.24) is 9.78 Å². The fraction of sp³-hybridized carbons (Fsp3) is 0.786. The Labute approximate surface area is 114 Å². The van der Waals surface area contributed by atoms with E-state index in [9.17, 15) is 0 Å². The lowest BCUT2D eigenvalue weighted by Crippen LogP contribution is -2.13. The first-order valence-corrected chi connectivity index (χ1v) is 7.84. The molecule has 2 nitrogen and oxygen atoms in total. The van der Waals surface area contributed by atoms with E-state index >= 15 is 0 Å². The van der Waals surface area contributed by atoms with Crippen LogP contribution in [0.4, 0.5) is 0 Å². The summed E-state index contributed by atoms with van der Waals surface area (Å²) in [5, 5.41) is 5.70. The van der Waals surface area contributed by atoms with Gasteiger partial charge in [0, 0.05) is 17.6 Å². The van der Waals surface area contributed by atoms with Crippen molar-refractivity contribution in [3.05, 3.63) is 17.5 Å². The van der Waals surface area contributed by atoms with Crippen LogP contribution in [-0.4, -0.2) is 15.1 Å². The van der Waals surface area contributed by atoms with Crippen molar-refractivity contribution >= 4 is 15.9 Å². The maximum atomic E-state index is 4.62. The maximum absolute atomic E-state index is 4.62. The van der Waals surface area contributed by atoms with Crippen LogP contribution < -0.4 is 0 Å². The molecule has 0 spiro atoms. The highest BCUT2D eigenvalue weighted by Crippen LogP contribution is 2.20. The molecule has 0 aliphatic carbocycles. The van der Waals surface area contributed by atoms with Crippen molar-refractivity contribution in [2.45, 2.75) is 53.5 Å². The van der Waals surface area contributed by atoms with E-state index < -0.39 is 0 Å². The molecule has 98 valence electrons. The molecule has 0 fully saturated rings. The van der Waals surface area contributed by atoms with Gasteiger partial charge in [-0.15, -0.1) is 0 Å². The first-order chi connectivity index (χ1) is 8.10. The standard InChI is InChI=1S/C14H25BrN2/c1-5-13-9-14(17(6-2)16-13)8-12(10-15)7-11(3)4/h9,11-12H,5-8,10H2,1-4H3. The van der Waals surface area contributed by atoms with E-state index in [0.717, 1.165) is 36.6 Å². The van der Waals surface area contributed by atoms with Crippen LogP contribution in [-0.2, 0) is 19.4 Å². The second kappa shape index (κ2) is 7.20. The predicted molar refractivity (Wildman–Crippen MR) is 77.7 cm³/mol. The van der Waals surface area contributed by atoms with Crippen LogP contribution in [0.1, 0.15) is 45.5 Å². The van der Waals surface area contributed by atoms with Gasteiger partial charge in [-0.05, 0) is 44.1 Å². The van der Waals surface area contributed by atoms with Crippen LogP contribution in [0.2, 0.25) is 0 Å². The Morgan fingerprint density at radius 2 is 2.06 bits per heavy atom. The molecular weight excluding hydrogens is 276 g/mol. The normalized spacial score (nSPS) is 13.3. The van der Waals surface area contributed by atoms with Crippen molar-refractivity contribution in [2.24, 2.45) is 11.8 Å². The van der Waals surface area contributed by atoms with Gasteiger partial charge in [0.2, 0.25) is 0 Å². The Morgan fingerprint density at radius 3 is 2.53 bits per heavy atom. The van der Waals surface area contributed by atoms with E-state index in [1.54, 1.807) is 0 Å². The number of aryl methyl sites for hydroxylation is 2. The molecule has 0 amide bonds. The number of rotatable bonds is 7. The molecule has 1 heterocycles. The van der Waals surface area contributed by atoms with E-state index in [2.05, 4.69) is 59.5 Å². The molecule has 0 aliphatic heterocycles. The lowest BCUT2D eigenvalue weighted by atomic mass is 9.94. The molecular formula is C14H25BrN2. The smallest absolute Gasteiger partial charge is 0.0624 e. The summed E-state index contributed by atoms with van der Waals surface area (Å²) in [6.45, 7) is 9.91. The molecule has 0 saturated heterocycles. The third kappa shape index (κ3) is 4.46. The quantitative estimate of drug-likeness (QED) is 0.694. The average molecular weight is 301 g/mol. The SMILES string of the molecule is CCc1cc(CC(CBr)CC(C)C)n(CC)n1. The summed E-state index contributed by atoms with van der Waals surface area (Å²) in [5.41, 5.74) is 2.62. The molecule has 0 aliphatic rings. The van der Waals surface area contributed by atoms with E-state index in [4.69, 9.17) is 0 Å². The minimum absolute atomic E-state index is 0.724. The van der Waals surface area contributed by atoms with Gasteiger partial charge in [-0.2, -0.15) is 5.10 Å². The monoisotopic (exact) mass is 300 g/mol. The molecule has 1 aromatic rings. The minimum atomic E-state index is 0.724. The van der Waals surface area contributed by atoms with Crippen molar-refractivity contribution in [2.75, 3.05) is 5.33 Å². The molecule has 0 N–H and O–H groups in total. The van der Waals surface area contributed by atoms with Gasteiger partial charge in [0.05, 0.1) is 5.69 Å². The fourth-order valence-electron chi connectivity index (χ4n) is 2.29. The molecule has 0 bridgehead atoms. The van der Waals surface area contributed by atoms with Crippen LogP contribution in [0.15, 0.2) is 6.07 Å². The molecule has 1 atom stereocenters. The van der Waals surface area contributed by atoms with Crippen LogP contribution >= 0.6 is 15.9 Å². The van der Waals surface area contributed by atoms with Crippen molar-refractivity contribution in [3.8, 4) is 0 Å². The summed E-state index contributed by atoms with van der Waals surface area (Å²) < 4.78 is 2.16. The first kappa shape index (κ1) is 14.7. The van der Waals surface area contributed by atoms with Gasteiger partial charge in [0.25, 0.3) is 0 Å². The third-order valence-corrected chi connectivity index (χ3v) is 4.01. The highest BCUT2D eigenvalue weighted by Gasteiger charge is 2.14. The molecule has 3 heteroatoms. The second-order valence-electron chi connectivity index (χ2n) is 5.15. The zero-order valence-corrected chi connectivity index (χ0v) is 13.1. The Hall–Kier alpha value is -0.310. The Kier molecular flexibility index (Phi) is 6.24. The van der Waals surface area contributed by atoms with Gasteiger partial charge in [0.15, 0.2) is 0 Å². The summed E-state index contributed by atoms with van der Waals surface area (Å²) in [4.78, 5) is 0. The summed E-state index contributed by atoms with van der Waals surface area (Å²) in [5.74, 6) is 1.49. The van der Waals surface area contributed by atoms with Crippen LogP contribution in [0.5, 0.6) is 0 Å². The third-order valence-electron chi connectivity index (χ3n) is 3.10. The molecule has 17 heavy (non-hydrogen) atoms. The van der Waals surface area contributed by atoms with E-state index in [0.29, 0.717) is 0 Å². The van der Waals surface area contributed by atoms with Crippen molar-refractivity contribution in [3.63, 3.8) is 0 Å². The van der Waals surface area contributed by atoms with Gasteiger partial charge >= 0.3 is 0 Å². The summed E-state index contributed by atoms with van der Waals surface area (Å²) >= 11 is 3.64. The predicted octanol–water partition coefficient (Wildman–Crippen LogP) is 4.07. The lowest BCUT2D eigenvalue weighted by Gasteiger charge is -2.16. The van der Waals surface area contributed by atoms with Gasteiger partial charge in [-0.25, -0.2) is 0 Å². The topological polar surface area (TPSA) is 17.8 Å². The second-order valence-corrected chi connectivity index (χ2v) is 5.80. The molecule has 1 unspecified atom stereocenters. The highest BCUT2D eigenvalue weighted by atomic mass is 79.9. The van der Waals surface area contributed by atoms with Gasteiger partial charge in [-0.1, -0.05) is 36.7 Å². The van der Waals surface area contributed by atoms with Crippen molar-refractivity contribution in [1.29, 1.82) is 0 Å². The molecule has 0 radical (unpaired) electrons. The lowest BCUT2D eigenvalue weighted by molar-refractivity contribution is 0.432. The van der Waals surface area contributed by atoms with Crippen molar-refractivity contribution < 1.29 is 0 Å². The number of nitrogens with zero attached hydrogens (tertiary/aromatic N) is 2. The van der Waals surface area contributed by atoms with E-state index in [-0.39, 0.29) is 0 Å². The Morgan fingerprint density at radius 1 is 1.35 bits per heavy atom. The zero-order chi connectivity index (χ0) is 12.8. The van der Waals surface area contributed by atoms with E-state index in [1.807, 2.05) is 0 Å². The summed E-state index contributed by atoms with van der Waals surface area (Å²) in [6.07, 6.45) is 3.45. The maximum Gasteiger partial charge on any atom is 0.0624 e. The average Bonchev–Trinajstić information content (AvgIpc) is 2.69. The first-order valence-electron chi connectivity index (χ1n) is 6.72. The molecule has 1 rings (SSSR count).